The van der Waals surface area contributed by atoms with Crippen molar-refractivity contribution in [2.75, 3.05) is 63.1 Å². The minimum Gasteiger partial charge on any atom is -0.462 e. The SMILES string of the molecule is CCOC(=O)c1ccc(NC(=O)C[C@H]2C(=O)N(C)C(=S)N2CCCN2CCN(c3ccc(F)cc3)CC2)cc1. The maximum atomic E-state index is 13.2. The average molecular weight is 556 g/mol. The average Bonchev–Trinajstić information content (AvgIpc) is 3.13. The first-order valence-corrected chi connectivity index (χ1v) is 13.6. The second kappa shape index (κ2) is 13.0. The smallest absolute Gasteiger partial charge is 0.338 e. The van der Waals surface area contributed by atoms with Crippen molar-refractivity contribution < 1.29 is 23.5 Å². The van der Waals surface area contributed by atoms with Gasteiger partial charge in [0, 0.05) is 51.1 Å². The zero-order chi connectivity index (χ0) is 27.9. The molecule has 2 aromatic rings. The fraction of sp³-hybridized carbons (Fsp3) is 0.429. The number of benzene rings is 2. The van der Waals surface area contributed by atoms with Gasteiger partial charge in [-0.15, -0.1) is 0 Å². The van der Waals surface area contributed by atoms with Crippen LogP contribution in [0.3, 0.4) is 0 Å². The van der Waals surface area contributed by atoms with E-state index in [1.807, 2.05) is 17.0 Å². The summed E-state index contributed by atoms with van der Waals surface area (Å²) in [4.78, 5) is 45.4. The molecular formula is C28H34FN5O4S. The summed E-state index contributed by atoms with van der Waals surface area (Å²) in [7, 11) is 1.64. The van der Waals surface area contributed by atoms with Crippen molar-refractivity contribution >= 4 is 46.5 Å². The molecule has 2 heterocycles. The van der Waals surface area contributed by atoms with E-state index >= 15 is 0 Å². The maximum Gasteiger partial charge on any atom is 0.338 e. The van der Waals surface area contributed by atoms with Crippen LogP contribution in [-0.4, -0.2) is 96.6 Å². The van der Waals surface area contributed by atoms with E-state index < -0.39 is 12.0 Å². The van der Waals surface area contributed by atoms with Crippen molar-refractivity contribution in [1.29, 1.82) is 0 Å². The number of hydrogen-bond acceptors (Lipinski definition) is 7. The molecular weight excluding hydrogens is 521 g/mol. The number of likely N-dealkylation sites (N-methyl/N-ethyl adjacent to an activating group) is 1. The van der Waals surface area contributed by atoms with Crippen molar-refractivity contribution in [3.63, 3.8) is 0 Å². The number of thiocarbonyl (C=S) groups is 1. The highest BCUT2D eigenvalue weighted by Gasteiger charge is 2.41. The quantitative estimate of drug-likeness (QED) is 0.354. The third kappa shape index (κ3) is 7.10. The first-order valence-electron chi connectivity index (χ1n) is 13.1. The lowest BCUT2D eigenvalue weighted by molar-refractivity contribution is -0.130. The number of amides is 2. The molecule has 0 radical (unpaired) electrons. The van der Waals surface area contributed by atoms with Gasteiger partial charge in [-0.3, -0.25) is 19.4 Å². The van der Waals surface area contributed by atoms with Gasteiger partial charge in [0.2, 0.25) is 5.91 Å². The van der Waals surface area contributed by atoms with Crippen LogP contribution in [0.15, 0.2) is 48.5 Å². The van der Waals surface area contributed by atoms with Gasteiger partial charge in [-0.05, 0) is 80.6 Å². The molecule has 2 amide bonds. The predicted molar refractivity (Wildman–Crippen MR) is 151 cm³/mol. The molecule has 9 nitrogen and oxygen atoms in total. The standard InChI is InChI=1S/C28H34FN5O4S/c1-3-38-27(37)20-5-9-22(10-6-20)30-25(35)19-24-26(36)31(2)28(39)34(24)14-4-13-32-15-17-33(18-16-32)23-11-7-21(29)8-12-23/h5-12,24H,3-4,13-19H2,1-2H3,(H,30,35)/t24-/m0/s1. The van der Waals surface area contributed by atoms with Crippen LogP contribution in [0.5, 0.6) is 0 Å². The molecule has 1 N–H and O–H groups in total. The number of rotatable bonds is 10. The van der Waals surface area contributed by atoms with Crippen molar-refractivity contribution in [1.82, 2.24) is 14.7 Å². The molecule has 0 aliphatic carbocycles. The Morgan fingerprint density at radius 3 is 2.33 bits per heavy atom. The van der Waals surface area contributed by atoms with E-state index in [0.29, 0.717) is 22.9 Å². The number of carbonyl (C=O) groups excluding carboxylic acids is 3. The van der Waals surface area contributed by atoms with Gasteiger partial charge in [0.05, 0.1) is 18.6 Å². The van der Waals surface area contributed by atoms with Gasteiger partial charge in [-0.1, -0.05) is 0 Å². The molecule has 0 saturated carbocycles. The monoisotopic (exact) mass is 555 g/mol. The number of carbonyl (C=O) groups is 3. The number of halogens is 1. The van der Waals surface area contributed by atoms with E-state index in [4.69, 9.17) is 17.0 Å². The lowest BCUT2D eigenvalue weighted by Gasteiger charge is -2.36. The van der Waals surface area contributed by atoms with E-state index in [-0.39, 0.29) is 30.7 Å². The Morgan fingerprint density at radius 2 is 1.69 bits per heavy atom. The van der Waals surface area contributed by atoms with E-state index in [1.165, 1.54) is 17.0 Å². The lowest BCUT2D eigenvalue weighted by atomic mass is 10.1. The lowest BCUT2D eigenvalue weighted by Crippen LogP contribution is -2.47. The predicted octanol–water partition coefficient (Wildman–Crippen LogP) is 2.97. The Labute approximate surface area is 233 Å². The summed E-state index contributed by atoms with van der Waals surface area (Å²) in [6, 6.07) is 12.4. The van der Waals surface area contributed by atoms with E-state index in [2.05, 4.69) is 15.1 Å². The number of piperazine rings is 1. The summed E-state index contributed by atoms with van der Waals surface area (Å²) in [6.07, 6.45) is 0.768. The zero-order valence-electron chi connectivity index (χ0n) is 22.3. The van der Waals surface area contributed by atoms with Gasteiger partial charge in [0.1, 0.15) is 11.9 Å². The third-order valence-electron chi connectivity index (χ3n) is 7.02. The van der Waals surface area contributed by atoms with Gasteiger partial charge in [0.15, 0.2) is 5.11 Å². The highest BCUT2D eigenvalue weighted by molar-refractivity contribution is 7.80. The van der Waals surface area contributed by atoms with Gasteiger partial charge < -0.3 is 19.9 Å². The fourth-order valence-electron chi connectivity index (χ4n) is 4.86. The molecule has 4 rings (SSSR count). The number of anilines is 2. The first kappa shape index (κ1) is 28.4. The van der Waals surface area contributed by atoms with Crippen molar-refractivity contribution in [3.8, 4) is 0 Å². The maximum absolute atomic E-state index is 13.2. The molecule has 0 unspecified atom stereocenters. The van der Waals surface area contributed by atoms with Crippen molar-refractivity contribution in [2.24, 2.45) is 0 Å². The number of nitrogens with zero attached hydrogens (tertiary/aromatic N) is 4. The molecule has 208 valence electrons. The van der Waals surface area contributed by atoms with Crippen LogP contribution in [0.1, 0.15) is 30.1 Å². The number of hydrogen-bond donors (Lipinski definition) is 1. The van der Waals surface area contributed by atoms with Gasteiger partial charge >= 0.3 is 5.97 Å². The number of ether oxygens (including phenoxy) is 1. The van der Waals surface area contributed by atoms with Gasteiger partial charge in [-0.2, -0.15) is 0 Å². The Balaban J connectivity index is 1.26. The van der Waals surface area contributed by atoms with E-state index in [0.717, 1.165) is 44.8 Å². The summed E-state index contributed by atoms with van der Waals surface area (Å²) in [5.74, 6) is -1.16. The molecule has 0 spiro atoms. The Morgan fingerprint density at radius 1 is 1.03 bits per heavy atom. The van der Waals surface area contributed by atoms with Crippen LogP contribution in [0, 0.1) is 5.82 Å². The summed E-state index contributed by atoms with van der Waals surface area (Å²) in [6.45, 7) is 6.94. The summed E-state index contributed by atoms with van der Waals surface area (Å²) in [5.41, 5.74) is 1.95. The molecule has 0 aromatic heterocycles. The molecule has 2 aliphatic rings. The van der Waals surface area contributed by atoms with Crippen LogP contribution in [0.4, 0.5) is 15.8 Å². The molecule has 2 aromatic carbocycles. The largest absolute Gasteiger partial charge is 0.462 e. The molecule has 1 atom stereocenters. The second-order valence-corrected chi connectivity index (χ2v) is 9.96. The van der Waals surface area contributed by atoms with Crippen LogP contribution in [0.2, 0.25) is 0 Å². The topological polar surface area (TPSA) is 85.4 Å². The second-order valence-electron chi connectivity index (χ2n) is 9.60. The Kier molecular flexibility index (Phi) is 9.47. The number of nitrogens with one attached hydrogen (secondary N) is 1. The molecule has 0 bridgehead atoms. The molecule has 2 aliphatic heterocycles. The zero-order valence-corrected chi connectivity index (χ0v) is 23.1. The number of esters is 1. The van der Waals surface area contributed by atoms with Crippen molar-refractivity contribution in [3.05, 3.63) is 59.9 Å². The summed E-state index contributed by atoms with van der Waals surface area (Å²) >= 11 is 5.52. The minimum atomic E-state index is -0.656. The van der Waals surface area contributed by atoms with Crippen LogP contribution in [0.25, 0.3) is 0 Å². The van der Waals surface area contributed by atoms with E-state index in [1.54, 1.807) is 38.2 Å². The summed E-state index contributed by atoms with van der Waals surface area (Å²) in [5, 5.41) is 3.23. The molecule has 2 saturated heterocycles. The first-order chi connectivity index (χ1) is 18.8. The van der Waals surface area contributed by atoms with Gasteiger partial charge in [0.25, 0.3) is 5.91 Å². The van der Waals surface area contributed by atoms with E-state index in [9.17, 15) is 18.8 Å². The molecule has 2 fully saturated rings. The highest BCUT2D eigenvalue weighted by atomic mass is 32.1. The fourth-order valence-corrected chi connectivity index (χ4v) is 5.17. The Bertz CT molecular complexity index is 1190. The van der Waals surface area contributed by atoms with Crippen molar-refractivity contribution in [2.45, 2.75) is 25.8 Å². The van der Waals surface area contributed by atoms with Crippen LogP contribution < -0.4 is 10.2 Å². The highest BCUT2D eigenvalue weighted by Crippen LogP contribution is 2.22. The van der Waals surface area contributed by atoms with Crippen LogP contribution >= 0.6 is 12.2 Å². The third-order valence-corrected chi connectivity index (χ3v) is 7.53. The molecule has 11 heteroatoms. The molecule has 39 heavy (non-hydrogen) atoms. The Hall–Kier alpha value is -3.57. The summed E-state index contributed by atoms with van der Waals surface area (Å²) < 4.78 is 18.2. The van der Waals surface area contributed by atoms with Gasteiger partial charge in [-0.25, -0.2) is 9.18 Å². The normalized spacial score (nSPS) is 18.0. The minimum absolute atomic E-state index is 0.0285. The van der Waals surface area contributed by atoms with Crippen LogP contribution in [-0.2, 0) is 14.3 Å².